The minimum absolute atomic E-state index is 0. The van der Waals surface area contributed by atoms with Gasteiger partial charge >= 0.3 is 0 Å². The van der Waals surface area contributed by atoms with Crippen LogP contribution in [0.25, 0.3) is 0 Å². The van der Waals surface area contributed by atoms with Gasteiger partial charge in [-0.1, -0.05) is 41.1 Å². The summed E-state index contributed by atoms with van der Waals surface area (Å²) in [6, 6.07) is 8.39. The van der Waals surface area contributed by atoms with Gasteiger partial charge in [-0.2, -0.15) is 0 Å². The number of aromatic nitrogens is 1. The molecular formula is C17H24BrIN4S. The molecular weight excluding hydrogens is 499 g/mol. The lowest BCUT2D eigenvalue weighted by atomic mass is 10.1. The third-order valence-electron chi connectivity index (χ3n) is 3.37. The summed E-state index contributed by atoms with van der Waals surface area (Å²) in [6.07, 6.45) is 0.978. The molecule has 0 fully saturated rings. The Labute approximate surface area is 173 Å². The molecule has 2 rings (SSSR count). The number of hydrogen-bond acceptors (Lipinski definition) is 3. The lowest BCUT2D eigenvalue weighted by Crippen LogP contribution is -2.38. The zero-order chi connectivity index (χ0) is 16.7. The zero-order valence-electron chi connectivity index (χ0n) is 14.2. The van der Waals surface area contributed by atoms with Crippen molar-refractivity contribution in [3.63, 3.8) is 0 Å². The number of hydrogen-bond donors (Lipinski definition) is 2. The molecule has 7 heteroatoms. The van der Waals surface area contributed by atoms with Gasteiger partial charge in [0.2, 0.25) is 0 Å². The fourth-order valence-corrected chi connectivity index (χ4v) is 3.54. The first kappa shape index (κ1) is 21.4. The molecule has 0 saturated heterocycles. The van der Waals surface area contributed by atoms with Crippen LogP contribution in [0.3, 0.4) is 0 Å². The number of guanidine groups is 1. The topological polar surface area (TPSA) is 49.3 Å². The zero-order valence-corrected chi connectivity index (χ0v) is 18.9. The molecule has 0 aliphatic rings. The number of thiazole rings is 1. The number of benzene rings is 1. The molecule has 0 bridgehead atoms. The largest absolute Gasteiger partial charge is 0.357 e. The summed E-state index contributed by atoms with van der Waals surface area (Å²) in [6.45, 7) is 7.74. The Balaban J connectivity index is 0.00000288. The molecule has 24 heavy (non-hydrogen) atoms. The van der Waals surface area contributed by atoms with Crippen molar-refractivity contribution < 1.29 is 0 Å². The van der Waals surface area contributed by atoms with Gasteiger partial charge in [-0.05, 0) is 31.9 Å². The van der Waals surface area contributed by atoms with E-state index in [1.807, 2.05) is 12.1 Å². The second-order valence-electron chi connectivity index (χ2n) is 5.17. The van der Waals surface area contributed by atoms with Crippen LogP contribution in [0.4, 0.5) is 0 Å². The minimum atomic E-state index is 0. The van der Waals surface area contributed by atoms with Gasteiger partial charge in [-0.25, -0.2) is 9.98 Å². The molecule has 2 aromatic rings. The van der Waals surface area contributed by atoms with Crippen molar-refractivity contribution in [3.05, 3.63) is 50.4 Å². The van der Waals surface area contributed by atoms with Gasteiger partial charge in [-0.15, -0.1) is 35.3 Å². The smallest absolute Gasteiger partial charge is 0.192 e. The normalized spacial score (nSPS) is 12.4. The SMILES string of the molecule is CCNC(=NCc1csc(CC)n1)NC(C)c1ccccc1Br.I. The quantitative estimate of drug-likeness (QED) is 0.322. The van der Waals surface area contributed by atoms with Crippen molar-refractivity contribution in [2.45, 2.75) is 39.8 Å². The summed E-state index contributed by atoms with van der Waals surface area (Å²) in [7, 11) is 0. The van der Waals surface area contributed by atoms with E-state index in [-0.39, 0.29) is 30.0 Å². The molecule has 2 N–H and O–H groups in total. The van der Waals surface area contributed by atoms with E-state index >= 15 is 0 Å². The highest BCUT2D eigenvalue weighted by Crippen LogP contribution is 2.22. The molecule has 1 aromatic carbocycles. The third kappa shape index (κ3) is 6.33. The summed E-state index contributed by atoms with van der Waals surface area (Å²) < 4.78 is 1.10. The fourth-order valence-electron chi connectivity index (χ4n) is 2.17. The first-order valence-corrected chi connectivity index (χ1v) is 9.53. The molecule has 0 amide bonds. The Kier molecular flexibility index (Phi) is 9.84. The van der Waals surface area contributed by atoms with Crippen molar-refractivity contribution in [3.8, 4) is 0 Å². The molecule has 0 aliphatic heterocycles. The molecule has 1 aromatic heterocycles. The highest BCUT2D eigenvalue weighted by Gasteiger charge is 2.10. The standard InChI is InChI=1S/C17H23BrN4S.HI/c1-4-16-22-13(11-23-16)10-20-17(19-5-2)21-12(3)14-8-6-7-9-15(14)18;/h6-9,11-12H,4-5,10H2,1-3H3,(H2,19,20,21);1H. The van der Waals surface area contributed by atoms with Crippen molar-refractivity contribution in [2.24, 2.45) is 4.99 Å². The maximum atomic E-state index is 4.65. The first-order chi connectivity index (χ1) is 11.1. The van der Waals surface area contributed by atoms with Crippen LogP contribution in [0.1, 0.15) is 43.1 Å². The molecule has 1 unspecified atom stereocenters. The van der Waals surface area contributed by atoms with E-state index < -0.39 is 0 Å². The summed E-state index contributed by atoms with van der Waals surface area (Å²) in [5.41, 5.74) is 2.23. The van der Waals surface area contributed by atoms with Gasteiger partial charge in [0.05, 0.1) is 23.3 Å². The second kappa shape index (κ2) is 11.0. The maximum absolute atomic E-state index is 4.65. The van der Waals surface area contributed by atoms with Crippen molar-refractivity contribution in [2.75, 3.05) is 6.54 Å². The number of halogens is 2. The summed E-state index contributed by atoms with van der Waals surface area (Å²) in [5.74, 6) is 0.807. The molecule has 0 aliphatic carbocycles. The number of nitrogens with zero attached hydrogens (tertiary/aromatic N) is 2. The Morgan fingerprint density at radius 1 is 1.33 bits per heavy atom. The van der Waals surface area contributed by atoms with E-state index in [0.717, 1.165) is 34.1 Å². The monoisotopic (exact) mass is 522 g/mol. The molecule has 0 spiro atoms. The average Bonchev–Trinajstić information content (AvgIpc) is 3.01. The van der Waals surface area contributed by atoms with Gasteiger partial charge in [0.15, 0.2) is 5.96 Å². The number of aliphatic imine (C=N–C) groups is 1. The number of nitrogens with one attached hydrogen (secondary N) is 2. The minimum Gasteiger partial charge on any atom is -0.357 e. The third-order valence-corrected chi connectivity index (χ3v) is 5.13. The van der Waals surface area contributed by atoms with Crippen LogP contribution in [0, 0.1) is 0 Å². The molecule has 132 valence electrons. The van der Waals surface area contributed by atoms with E-state index in [1.54, 1.807) is 11.3 Å². The van der Waals surface area contributed by atoms with Crippen LogP contribution < -0.4 is 10.6 Å². The highest BCUT2D eigenvalue weighted by atomic mass is 127. The predicted octanol–water partition coefficient (Wildman–Crippen LogP) is 4.90. The summed E-state index contributed by atoms with van der Waals surface area (Å²) in [5, 5.41) is 9.99. The second-order valence-corrected chi connectivity index (χ2v) is 6.97. The van der Waals surface area contributed by atoms with Crippen molar-refractivity contribution in [1.82, 2.24) is 15.6 Å². The Hall–Kier alpha value is -0.670. The first-order valence-electron chi connectivity index (χ1n) is 7.86. The van der Waals surface area contributed by atoms with Crippen molar-refractivity contribution in [1.29, 1.82) is 0 Å². The Bertz CT molecular complexity index is 660. The van der Waals surface area contributed by atoms with Crippen molar-refractivity contribution >= 4 is 57.2 Å². The van der Waals surface area contributed by atoms with Gasteiger partial charge in [0.25, 0.3) is 0 Å². The van der Waals surface area contributed by atoms with Crippen LogP contribution in [0.15, 0.2) is 39.1 Å². The van der Waals surface area contributed by atoms with Crippen LogP contribution in [0.2, 0.25) is 0 Å². The van der Waals surface area contributed by atoms with Crippen LogP contribution in [-0.4, -0.2) is 17.5 Å². The van der Waals surface area contributed by atoms with E-state index in [0.29, 0.717) is 6.54 Å². The Morgan fingerprint density at radius 3 is 2.71 bits per heavy atom. The molecule has 4 nitrogen and oxygen atoms in total. The van der Waals surface area contributed by atoms with Crippen LogP contribution in [0.5, 0.6) is 0 Å². The van der Waals surface area contributed by atoms with Gasteiger partial charge in [0, 0.05) is 16.4 Å². The lowest BCUT2D eigenvalue weighted by Gasteiger charge is -2.19. The molecule has 1 atom stereocenters. The van der Waals surface area contributed by atoms with E-state index in [2.05, 4.69) is 74.8 Å². The van der Waals surface area contributed by atoms with Crippen LogP contribution >= 0.6 is 51.2 Å². The highest BCUT2D eigenvalue weighted by molar-refractivity contribution is 14.0. The van der Waals surface area contributed by atoms with Gasteiger partial charge < -0.3 is 10.6 Å². The fraction of sp³-hybridized carbons (Fsp3) is 0.412. The van der Waals surface area contributed by atoms with Gasteiger partial charge in [0.1, 0.15) is 0 Å². The maximum Gasteiger partial charge on any atom is 0.192 e. The van der Waals surface area contributed by atoms with Gasteiger partial charge in [-0.3, -0.25) is 0 Å². The summed E-state index contributed by atoms with van der Waals surface area (Å²) >= 11 is 5.30. The van der Waals surface area contributed by atoms with E-state index in [9.17, 15) is 0 Å². The Morgan fingerprint density at radius 2 is 2.08 bits per heavy atom. The predicted molar refractivity (Wildman–Crippen MR) is 117 cm³/mol. The van der Waals surface area contributed by atoms with E-state index in [4.69, 9.17) is 0 Å². The molecule has 0 saturated carbocycles. The number of aryl methyl sites for hydroxylation is 1. The van der Waals surface area contributed by atoms with E-state index in [1.165, 1.54) is 5.56 Å². The lowest BCUT2D eigenvalue weighted by molar-refractivity contribution is 0.683. The van der Waals surface area contributed by atoms with Crippen LogP contribution in [-0.2, 0) is 13.0 Å². The number of rotatable bonds is 6. The summed E-state index contributed by atoms with van der Waals surface area (Å²) in [4.78, 5) is 9.21. The molecule has 1 heterocycles. The molecule has 0 radical (unpaired) electrons. The average molecular weight is 523 g/mol.